The Morgan fingerprint density at radius 3 is 2.45 bits per heavy atom. The molecule has 0 spiro atoms. The Morgan fingerprint density at radius 1 is 1.07 bits per heavy atom. The van der Waals surface area contributed by atoms with Gasteiger partial charge < -0.3 is 35.4 Å². The van der Waals surface area contributed by atoms with Crippen LogP contribution in [0.5, 0.6) is 5.75 Å². The van der Waals surface area contributed by atoms with Crippen LogP contribution < -0.4 is 20.3 Å². The van der Waals surface area contributed by atoms with Crippen molar-refractivity contribution < 1.29 is 29.4 Å². The number of nitrogens with one attached hydrogen (secondary N) is 2. The Labute approximate surface area is 331 Å². The van der Waals surface area contributed by atoms with E-state index in [2.05, 4.69) is 47.8 Å². The lowest BCUT2D eigenvalue weighted by Gasteiger charge is -2.38. The number of methoxy groups -OCH3 is 1. The molecule has 4 N–H and O–H groups in total. The molecule has 8 atom stereocenters. The van der Waals surface area contributed by atoms with Gasteiger partial charge in [0, 0.05) is 72.3 Å². The molecule has 1 aliphatic carbocycles. The lowest BCUT2D eigenvalue weighted by atomic mass is 9.74. The predicted octanol–water partition coefficient (Wildman–Crippen LogP) is 5.44. The summed E-state index contributed by atoms with van der Waals surface area (Å²) in [5, 5.41) is 31.6. The molecule has 2 fully saturated rings. The zero-order valence-corrected chi connectivity index (χ0v) is 34.9. The van der Waals surface area contributed by atoms with E-state index >= 15 is 0 Å². The van der Waals surface area contributed by atoms with Gasteiger partial charge in [-0.3, -0.25) is 14.4 Å². The minimum Gasteiger partial charge on any atom is -0.496 e. The van der Waals surface area contributed by atoms with Crippen LogP contribution in [0.15, 0.2) is 53.9 Å². The van der Waals surface area contributed by atoms with Crippen molar-refractivity contribution in [2.24, 2.45) is 23.7 Å². The molecule has 1 aromatic heterocycles. The maximum atomic E-state index is 14.3. The van der Waals surface area contributed by atoms with Crippen LogP contribution in [0.2, 0.25) is 0 Å². The van der Waals surface area contributed by atoms with E-state index in [1.165, 1.54) is 4.88 Å². The van der Waals surface area contributed by atoms with Gasteiger partial charge in [0.1, 0.15) is 17.9 Å². The van der Waals surface area contributed by atoms with Crippen LogP contribution in [0, 0.1) is 23.7 Å². The number of anilines is 1. The number of ether oxygens (including phenoxy) is 1. The third-order valence-corrected chi connectivity index (χ3v) is 12.4. The first kappa shape index (κ1) is 42.6. The number of hydrogen-bond donors (Lipinski definition) is 4. The smallest absolute Gasteiger partial charge is 0.251 e. The summed E-state index contributed by atoms with van der Waals surface area (Å²) in [7, 11) is 9.52. The second kappa shape index (κ2) is 19.1. The van der Waals surface area contributed by atoms with Crippen LogP contribution >= 0.6 is 11.3 Å². The van der Waals surface area contributed by atoms with E-state index in [0.29, 0.717) is 35.6 Å². The fourth-order valence-corrected chi connectivity index (χ4v) is 9.14. The van der Waals surface area contributed by atoms with Crippen LogP contribution in [0.4, 0.5) is 5.69 Å². The lowest BCUT2D eigenvalue weighted by molar-refractivity contribution is -0.182. The minimum atomic E-state index is -0.903. The van der Waals surface area contributed by atoms with E-state index in [1.54, 1.807) is 30.4 Å². The zero-order chi connectivity index (χ0) is 40.0. The Bertz CT molecular complexity index is 1720. The van der Waals surface area contributed by atoms with Gasteiger partial charge in [0.15, 0.2) is 0 Å². The Balaban J connectivity index is 1.45. The molecule has 3 aromatic rings. The molecule has 2 heterocycles. The van der Waals surface area contributed by atoms with Gasteiger partial charge in [0.25, 0.3) is 5.91 Å². The van der Waals surface area contributed by atoms with Crippen LogP contribution in [-0.4, -0.2) is 111 Å². The molecule has 1 aliphatic heterocycles. The molecule has 1 saturated heterocycles. The van der Waals surface area contributed by atoms with E-state index in [4.69, 9.17) is 9.57 Å². The number of aliphatic hydroxyl groups excluding tert-OH is 2. The Hall–Kier alpha value is -3.52. The summed E-state index contributed by atoms with van der Waals surface area (Å²) in [6.45, 7) is 8.84. The van der Waals surface area contributed by atoms with E-state index in [9.17, 15) is 19.8 Å². The highest BCUT2D eigenvalue weighted by molar-refractivity contribution is 7.09. The summed E-state index contributed by atoms with van der Waals surface area (Å²) >= 11 is 1.69. The average Bonchev–Trinajstić information content (AvgIpc) is 3.79. The highest BCUT2D eigenvalue weighted by atomic mass is 32.1. The fraction of sp³-hybridized carbons (Fsp3) is 0.581. The molecule has 0 bridgehead atoms. The summed E-state index contributed by atoms with van der Waals surface area (Å²) in [5.74, 6) is 0.959. The van der Waals surface area contributed by atoms with Gasteiger partial charge in [-0.15, -0.1) is 11.3 Å². The molecular weight excluding hydrogens is 715 g/mol. The van der Waals surface area contributed by atoms with Crippen molar-refractivity contribution >= 4 is 28.8 Å². The van der Waals surface area contributed by atoms with Crippen LogP contribution in [0.3, 0.4) is 0 Å². The fourth-order valence-electron chi connectivity index (χ4n) is 8.35. The van der Waals surface area contributed by atoms with Crippen molar-refractivity contribution in [2.75, 3.05) is 53.4 Å². The standard InChI is InChI=1S/C43H63N5O6S/c1-26(2)29-16-15-27(3)37(21-29)45-43(52)40-39(28(4)50)38(25-49)54-48(40)23-30-12-10-14-36(41(30)53-9)31-18-32(20-34(19-31)47(7)8)42(51)44-33(24-46(5)6)22-35-13-11-17-55-35/h10-14,17-20,26-29,33,37-40,49-50H,15-16,21-25H2,1-9H3,(H,44,51)(H,45,52)/t27-,28-,29+,33-,37-,38-,39+,40-/m0/s1. The second-order valence-corrected chi connectivity index (χ2v) is 17.5. The van der Waals surface area contributed by atoms with Gasteiger partial charge in [-0.25, -0.2) is 0 Å². The van der Waals surface area contributed by atoms with Crippen molar-refractivity contribution in [3.8, 4) is 16.9 Å². The lowest BCUT2D eigenvalue weighted by Crippen LogP contribution is -2.53. The maximum Gasteiger partial charge on any atom is 0.251 e. The number of para-hydroxylation sites is 1. The summed E-state index contributed by atoms with van der Waals surface area (Å²) in [4.78, 5) is 39.8. The van der Waals surface area contributed by atoms with E-state index in [-0.39, 0.29) is 37.0 Å². The van der Waals surface area contributed by atoms with Crippen LogP contribution in [0.1, 0.15) is 67.8 Å². The van der Waals surface area contributed by atoms with Crippen molar-refractivity contribution in [3.05, 3.63) is 69.9 Å². The Morgan fingerprint density at radius 2 is 1.84 bits per heavy atom. The van der Waals surface area contributed by atoms with Gasteiger partial charge in [0.05, 0.1) is 26.4 Å². The third kappa shape index (κ3) is 10.5. The number of likely N-dealkylation sites (N-methyl/N-ethyl adjacent to an activating group) is 1. The molecule has 55 heavy (non-hydrogen) atoms. The molecule has 1 saturated carbocycles. The molecule has 2 aliphatic rings. The van der Waals surface area contributed by atoms with Crippen LogP contribution in [0.25, 0.3) is 11.1 Å². The molecule has 0 unspecified atom stereocenters. The van der Waals surface area contributed by atoms with Gasteiger partial charge in [-0.1, -0.05) is 45.0 Å². The van der Waals surface area contributed by atoms with Gasteiger partial charge in [-0.05, 0) is 93.2 Å². The van der Waals surface area contributed by atoms with Crippen molar-refractivity contribution in [1.29, 1.82) is 0 Å². The molecule has 11 nitrogen and oxygen atoms in total. The molecule has 302 valence electrons. The number of nitrogens with zero attached hydrogens (tertiary/aromatic N) is 3. The summed E-state index contributed by atoms with van der Waals surface area (Å²) in [5.41, 5.74) is 3.73. The summed E-state index contributed by atoms with van der Waals surface area (Å²) < 4.78 is 6.10. The largest absolute Gasteiger partial charge is 0.496 e. The molecule has 2 amide bonds. The van der Waals surface area contributed by atoms with Crippen molar-refractivity contribution in [2.45, 2.75) is 90.3 Å². The van der Waals surface area contributed by atoms with E-state index < -0.39 is 24.2 Å². The number of rotatable bonds is 16. The number of carbonyl (C=O) groups excluding carboxylic acids is 2. The average molecular weight is 778 g/mol. The molecular formula is C43H63N5O6S. The Kier molecular flexibility index (Phi) is 14.8. The second-order valence-electron chi connectivity index (χ2n) is 16.5. The molecule has 2 aromatic carbocycles. The highest BCUT2D eigenvalue weighted by Gasteiger charge is 2.50. The number of hydroxylamine groups is 2. The maximum absolute atomic E-state index is 14.3. The van der Waals surface area contributed by atoms with Gasteiger partial charge >= 0.3 is 0 Å². The van der Waals surface area contributed by atoms with Crippen molar-refractivity contribution in [3.63, 3.8) is 0 Å². The first-order valence-electron chi connectivity index (χ1n) is 19.7. The first-order chi connectivity index (χ1) is 26.2. The van der Waals surface area contributed by atoms with Gasteiger partial charge in [-0.2, -0.15) is 5.06 Å². The molecule has 0 radical (unpaired) electrons. The quantitative estimate of drug-likeness (QED) is 0.151. The number of hydrogen-bond acceptors (Lipinski definition) is 10. The number of thiophene rings is 1. The molecule has 12 heteroatoms. The SMILES string of the molecule is COc1c(CN2O[C@@H](CO)[C@@H]([C@H](C)O)[C@H]2C(=O)N[C@H]2C[C@H](C(C)C)CC[C@@H]2C)cccc1-c1cc(C(=O)N[C@@H](Cc2cccs2)CN(C)C)cc(N(C)C)c1. The first-order valence-corrected chi connectivity index (χ1v) is 20.6. The zero-order valence-electron chi connectivity index (χ0n) is 34.1. The van der Waals surface area contributed by atoms with Crippen molar-refractivity contribution in [1.82, 2.24) is 20.6 Å². The number of amides is 2. The minimum absolute atomic E-state index is 0.0143. The number of carbonyl (C=O) groups is 2. The van der Waals surface area contributed by atoms with Crippen LogP contribution in [-0.2, 0) is 22.6 Å². The topological polar surface area (TPSA) is 127 Å². The number of benzene rings is 2. The third-order valence-electron chi connectivity index (χ3n) is 11.5. The highest BCUT2D eigenvalue weighted by Crippen LogP contribution is 2.40. The van der Waals surface area contributed by atoms with Gasteiger partial charge in [0.2, 0.25) is 5.91 Å². The van der Waals surface area contributed by atoms with E-state index in [1.807, 2.05) is 75.6 Å². The normalized spacial score (nSPS) is 24.2. The number of aliphatic hydroxyl groups is 2. The predicted molar refractivity (Wildman–Crippen MR) is 220 cm³/mol. The van der Waals surface area contributed by atoms with E-state index in [0.717, 1.165) is 48.1 Å². The monoisotopic (exact) mass is 777 g/mol. The molecule has 5 rings (SSSR count). The summed E-state index contributed by atoms with van der Waals surface area (Å²) in [6.07, 6.45) is 2.18. The summed E-state index contributed by atoms with van der Waals surface area (Å²) in [6, 6.07) is 14.9.